The quantitative estimate of drug-likeness (QED) is 0.644. The molecule has 3 amide bonds. The van der Waals surface area contributed by atoms with Gasteiger partial charge in [-0.05, 0) is 37.1 Å². The SMILES string of the molecule is COc1ccccc1N1CCN(C(=O)C2CCN(C(=O)C3CC(=O)N(c4ccccc4)C3)CC2)CC1. The zero-order valence-electron chi connectivity index (χ0n) is 20.8. The Bertz CT molecular complexity index is 1090. The van der Waals surface area contributed by atoms with Gasteiger partial charge in [0.1, 0.15) is 5.75 Å². The van der Waals surface area contributed by atoms with Gasteiger partial charge in [0.25, 0.3) is 0 Å². The van der Waals surface area contributed by atoms with Gasteiger partial charge >= 0.3 is 0 Å². The summed E-state index contributed by atoms with van der Waals surface area (Å²) in [6.45, 7) is 4.51. The van der Waals surface area contributed by atoms with E-state index in [1.54, 1.807) is 12.0 Å². The van der Waals surface area contributed by atoms with E-state index in [0.717, 1.165) is 30.2 Å². The number of methoxy groups -OCH3 is 1. The second-order valence-corrected chi connectivity index (χ2v) is 9.82. The number of carbonyl (C=O) groups excluding carboxylic acids is 3. The lowest BCUT2D eigenvalue weighted by Crippen LogP contribution is -2.52. The first kappa shape index (κ1) is 24.2. The van der Waals surface area contributed by atoms with Gasteiger partial charge in [0.05, 0.1) is 18.7 Å². The molecule has 0 N–H and O–H groups in total. The molecule has 0 spiro atoms. The number of amides is 3. The van der Waals surface area contributed by atoms with Gasteiger partial charge in [0.2, 0.25) is 17.7 Å². The average Bonchev–Trinajstić information content (AvgIpc) is 3.34. The minimum absolute atomic E-state index is 0.00289. The van der Waals surface area contributed by atoms with E-state index in [0.29, 0.717) is 45.6 Å². The van der Waals surface area contributed by atoms with E-state index >= 15 is 0 Å². The van der Waals surface area contributed by atoms with Gasteiger partial charge in [-0.1, -0.05) is 30.3 Å². The van der Waals surface area contributed by atoms with E-state index in [4.69, 9.17) is 4.74 Å². The van der Waals surface area contributed by atoms with Gasteiger partial charge in [0.15, 0.2) is 0 Å². The smallest absolute Gasteiger partial charge is 0.228 e. The summed E-state index contributed by atoms with van der Waals surface area (Å²) in [5.41, 5.74) is 1.91. The monoisotopic (exact) mass is 490 g/mol. The maximum absolute atomic E-state index is 13.2. The average molecular weight is 491 g/mol. The van der Waals surface area contributed by atoms with Gasteiger partial charge in [-0.2, -0.15) is 0 Å². The highest BCUT2D eigenvalue weighted by molar-refractivity contribution is 6.00. The Hall–Kier alpha value is -3.55. The molecule has 3 fully saturated rings. The molecule has 8 heteroatoms. The number of ether oxygens (including phenoxy) is 1. The molecule has 3 aliphatic heterocycles. The minimum Gasteiger partial charge on any atom is -0.495 e. The molecule has 190 valence electrons. The standard InChI is InChI=1S/C28H34N4O4/c1-36-25-10-6-5-9-24(25)29-15-17-31(18-16-29)27(34)21-11-13-30(14-12-21)28(35)22-19-26(33)32(20-22)23-7-3-2-4-8-23/h2-10,21-22H,11-20H2,1H3. The van der Waals surface area contributed by atoms with Gasteiger partial charge in [-0.25, -0.2) is 0 Å². The van der Waals surface area contributed by atoms with Crippen molar-refractivity contribution in [3.8, 4) is 5.75 Å². The zero-order valence-corrected chi connectivity index (χ0v) is 20.8. The van der Waals surface area contributed by atoms with Crippen molar-refractivity contribution in [3.63, 3.8) is 0 Å². The van der Waals surface area contributed by atoms with Crippen LogP contribution in [0.15, 0.2) is 54.6 Å². The number of piperidine rings is 1. The molecule has 3 heterocycles. The molecule has 0 aliphatic carbocycles. The summed E-state index contributed by atoms with van der Waals surface area (Å²) < 4.78 is 5.49. The topological polar surface area (TPSA) is 73.4 Å². The predicted molar refractivity (Wildman–Crippen MR) is 138 cm³/mol. The number of para-hydroxylation sites is 3. The maximum Gasteiger partial charge on any atom is 0.228 e. The van der Waals surface area contributed by atoms with Crippen LogP contribution in [-0.2, 0) is 14.4 Å². The van der Waals surface area contributed by atoms with Crippen molar-refractivity contribution < 1.29 is 19.1 Å². The van der Waals surface area contributed by atoms with Crippen molar-refractivity contribution in [1.82, 2.24) is 9.80 Å². The lowest BCUT2D eigenvalue weighted by molar-refractivity contribution is -0.142. The molecule has 3 aliphatic rings. The molecule has 36 heavy (non-hydrogen) atoms. The van der Waals surface area contributed by atoms with Crippen LogP contribution in [0.3, 0.4) is 0 Å². The van der Waals surface area contributed by atoms with Gasteiger partial charge < -0.3 is 24.3 Å². The number of piperazine rings is 1. The van der Waals surface area contributed by atoms with Crippen molar-refractivity contribution in [3.05, 3.63) is 54.6 Å². The number of nitrogens with zero attached hydrogens (tertiary/aromatic N) is 4. The summed E-state index contributed by atoms with van der Waals surface area (Å²) in [5.74, 6) is 0.735. The largest absolute Gasteiger partial charge is 0.495 e. The number of hydrogen-bond donors (Lipinski definition) is 0. The highest BCUT2D eigenvalue weighted by atomic mass is 16.5. The van der Waals surface area contributed by atoms with Crippen LogP contribution < -0.4 is 14.5 Å². The van der Waals surface area contributed by atoms with Crippen LogP contribution in [0, 0.1) is 11.8 Å². The van der Waals surface area contributed by atoms with Crippen molar-refractivity contribution in [2.45, 2.75) is 19.3 Å². The molecule has 0 bridgehead atoms. The third kappa shape index (κ3) is 4.90. The number of rotatable bonds is 5. The highest BCUT2D eigenvalue weighted by Gasteiger charge is 2.39. The summed E-state index contributed by atoms with van der Waals surface area (Å²) in [6, 6.07) is 17.5. The van der Waals surface area contributed by atoms with E-state index < -0.39 is 0 Å². The van der Waals surface area contributed by atoms with E-state index in [1.165, 1.54) is 0 Å². The van der Waals surface area contributed by atoms with Crippen LogP contribution in [-0.4, -0.2) is 80.4 Å². The third-order valence-corrected chi connectivity index (χ3v) is 7.72. The van der Waals surface area contributed by atoms with E-state index in [-0.39, 0.29) is 36.0 Å². The maximum atomic E-state index is 13.2. The first-order valence-corrected chi connectivity index (χ1v) is 12.9. The fourth-order valence-electron chi connectivity index (χ4n) is 5.65. The summed E-state index contributed by atoms with van der Waals surface area (Å²) >= 11 is 0. The normalized spacial score (nSPS) is 21.1. The molecule has 8 nitrogen and oxygen atoms in total. The second-order valence-electron chi connectivity index (χ2n) is 9.82. The first-order chi connectivity index (χ1) is 17.5. The summed E-state index contributed by atoms with van der Waals surface area (Å²) in [4.78, 5) is 46.7. The number of carbonyl (C=O) groups is 3. The lowest BCUT2D eigenvalue weighted by atomic mass is 9.93. The summed E-state index contributed by atoms with van der Waals surface area (Å²) in [5, 5.41) is 0. The van der Waals surface area contributed by atoms with E-state index in [9.17, 15) is 14.4 Å². The summed E-state index contributed by atoms with van der Waals surface area (Å²) in [6.07, 6.45) is 1.61. The van der Waals surface area contributed by atoms with Crippen LogP contribution in [0.5, 0.6) is 5.75 Å². The molecule has 3 saturated heterocycles. The van der Waals surface area contributed by atoms with Crippen LogP contribution >= 0.6 is 0 Å². The minimum atomic E-state index is -0.312. The molecule has 1 unspecified atom stereocenters. The fourth-order valence-corrected chi connectivity index (χ4v) is 5.65. The van der Waals surface area contributed by atoms with Gasteiger partial charge in [0, 0.05) is 63.8 Å². The number of hydrogen-bond acceptors (Lipinski definition) is 5. The predicted octanol–water partition coefficient (Wildman–Crippen LogP) is 2.64. The Kier molecular flexibility index (Phi) is 7.11. The molecule has 5 rings (SSSR count). The molecular formula is C28H34N4O4. The highest BCUT2D eigenvalue weighted by Crippen LogP contribution is 2.30. The van der Waals surface area contributed by atoms with Crippen LogP contribution in [0.1, 0.15) is 19.3 Å². The van der Waals surface area contributed by atoms with Crippen molar-refractivity contribution in [1.29, 1.82) is 0 Å². The van der Waals surface area contributed by atoms with Crippen LogP contribution in [0.2, 0.25) is 0 Å². The van der Waals surface area contributed by atoms with E-state index in [1.807, 2.05) is 58.3 Å². The second kappa shape index (κ2) is 10.6. The molecule has 2 aromatic carbocycles. The molecule has 0 radical (unpaired) electrons. The first-order valence-electron chi connectivity index (χ1n) is 12.9. The Labute approximate surface area is 212 Å². The molecule has 1 atom stereocenters. The van der Waals surface area contributed by atoms with Crippen molar-refractivity contribution in [2.75, 3.05) is 62.7 Å². The number of anilines is 2. The zero-order chi connectivity index (χ0) is 25.1. The third-order valence-electron chi connectivity index (χ3n) is 7.72. The Morgan fingerprint density at radius 1 is 0.778 bits per heavy atom. The Morgan fingerprint density at radius 3 is 2.08 bits per heavy atom. The Morgan fingerprint density at radius 2 is 1.39 bits per heavy atom. The molecule has 0 aromatic heterocycles. The lowest BCUT2D eigenvalue weighted by Gasteiger charge is -2.39. The fraction of sp³-hybridized carbons (Fsp3) is 0.464. The Balaban J connectivity index is 1.10. The van der Waals surface area contributed by atoms with Crippen molar-refractivity contribution >= 4 is 29.1 Å². The summed E-state index contributed by atoms with van der Waals surface area (Å²) in [7, 11) is 1.68. The van der Waals surface area contributed by atoms with Crippen LogP contribution in [0.25, 0.3) is 0 Å². The van der Waals surface area contributed by atoms with E-state index in [2.05, 4.69) is 11.0 Å². The van der Waals surface area contributed by atoms with Gasteiger partial charge in [-0.15, -0.1) is 0 Å². The number of benzene rings is 2. The van der Waals surface area contributed by atoms with Crippen LogP contribution in [0.4, 0.5) is 11.4 Å². The molecule has 2 aromatic rings. The van der Waals surface area contributed by atoms with Crippen molar-refractivity contribution in [2.24, 2.45) is 11.8 Å². The number of likely N-dealkylation sites (tertiary alicyclic amines) is 1. The molecule has 0 saturated carbocycles. The molecular weight excluding hydrogens is 456 g/mol. The van der Waals surface area contributed by atoms with Gasteiger partial charge in [-0.3, -0.25) is 14.4 Å².